The van der Waals surface area contributed by atoms with Gasteiger partial charge in [-0.2, -0.15) is 0 Å². The largest absolute Gasteiger partial charge is 0.378 e. The van der Waals surface area contributed by atoms with E-state index in [1.807, 2.05) is 18.2 Å². The Hall–Kier alpha value is -2.03. The number of anilines is 2. The number of fused-ring (bicyclic) bond motifs is 1. The van der Waals surface area contributed by atoms with Crippen LogP contribution in [-0.2, 0) is 16.0 Å². The van der Waals surface area contributed by atoms with E-state index in [0.717, 1.165) is 47.3 Å². The maximum absolute atomic E-state index is 13.9. The molecule has 2 aromatic carbocycles. The number of hydrogen-bond acceptors (Lipinski definition) is 5. The van der Waals surface area contributed by atoms with Gasteiger partial charge in [0.2, 0.25) is 5.91 Å². The van der Waals surface area contributed by atoms with Crippen molar-refractivity contribution >= 4 is 54.2 Å². The van der Waals surface area contributed by atoms with E-state index in [1.165, 1.54) is 6.07 Å². The second-order valence-electron chi connectivity index (χ2n) is 6.56. The third-order valence-electron chi connectivity index (χ3n) is 4.58. The molecule has 5 nitrogen and oxygen atoms in total. The number of hydrogen-bond donors (Lipinski definition) is 1. The fourth-order valence-electron chi connectivity index (χ4n) is 3.08. The molecule has 0 bridgehead atoms. The quantitative estimate of drug-likeness (QED) is 0.600. The SMILES string of the molecule is O=C(CCc1ccc(Br)cc1F)Nc1ccc2nc(N3CCOCC3)sc2c1. The van der Waals surface area contributed by atoms with E-state index < -0.39 is 0 Å². The highest BCUT2D eigenvalue weighted by atomic mass is 79.9. The second kappa shape index (κ2) is 8.55. The lowest BCUT2D eigenvalue weighted by Gasteiger charge is -2.25. The number of rotatable bonds is 5. The zero-order chi connectivity index (χ0) is 19.5. The van der Waals surface area contributed by atoms with Gasteiger partial charge in [0.1, 0.15) is 5.82 Å². The minimum absolute atomic E-state index is 0.139. The first-order valence-corrected chi connectivity index (χ1v) is 10.7. The number of carbonyl (C=O) groups is 1. The molecule has 1 saturated heterocycles. The molecule has 8 heteroatoms. The fraction of sp³-hybridized carbons (Fsp3) is 0.300. The molecule has 1 aliphatic rings. The number of morpholine rings is 1. The van der Waals surface area contributed by atoms with Crippen LogP contribution in [0, 0.1) is 5.82 Å². The van der Waals surface area contributed by atoms with E-state index in [4.69, 9.17) is 4.74 Å². The van der Waals surface area contributed by atoms with Crippen LogP contribution in [0.3, 0.4) is 0 Å². The van der Waals surface area contributed by atoms with E-state index in [0.29, 0.717) is 16.5 Å². The van der Waals surface area contributed by atoms with Crippen LogP contribution < -0.4 is 10.2 Å². The van der Waals surface area contributed by atoms with Crippen molar-refractivity contribution < 1.29 is 13.9 Å². The third kappa shape index (κ3) is 4.51. The number of ether oxygens (including phenoxy) is 1. The van der Waals surface area contributed by atoms with Gasteiger partial charge in [-0.15, -0.1) is 0 Å². The molecule has 0 spiro atoms. The van der Waals surface area contributed by atoms with E-state index >= 15 is 0 Å². The average molecular weight is 464 g/mol. The van der Waals surface area contributed by atoms with Crippen molar-refractivity contribution in [3.63, 3.8) is 0 Å². The summed E-state index contributed by atoms with van der Waals surface area (Å²) >= 11 is 4.85. The van der Waals surface area contributed by atoms with Crippen molar-refractivity contribution in [1.82, 2.24) is 4.98 Å². The van der Waals surface area contributed by atoms with Gasteiger partial charge in [-0.1, -0.05) is 33.3 Å². The highest BCUT2D eigenvalue weighted by molar-refractivity contribution is 9.10. The van der Waals surface area contributed by atoms with E-state index in [9.17, 15) is 9.18 Å². The predicted molar refractivity (Wildman–Crippen MR) is 114 cm³/mol. The molecule has 0 saturated carbocycles. The Kier molecular flexibility index (Phi) is 5.89. The summed E-state index contributed by atoms with van der Waals surface area (Å²) in [6.07, 6.45) is 0.577. The second-order valence-corrected chi connectivity index (χ2v) is 8.49. The maximum Gasteiger partial charge on any atom is 0.224 e. The van der Waals surface area contributed by atoms with Crippen LogP contribution in [0.2, 0.25) is 0 Å². The number of nitrogens with one attached hydrogen (secondary N) is 1. The average Bonchev–Trinajstić information content (AvgIpc) is 3.11. The van der Waals surface area contributed by atoms with Gasteiger partial charge in [0.05, 0.1) is 23.4 Å². The van der Waals surface area contributed by atoms with Crippen LogP contribution in [0.25, 0.3) is 10.2 Å². The standard InChI is InChI=1S/C20H19BrFN3O2S/c21-14-3-1-13(16(22)11-14)2-6-19(26)23-15-4-5-17-18(12-15)28-20(24-17)25-7-9-27-10-8-25/h1,3-5,11-12H,2,6-10H2,(H,23,26). The molecule has 0 aliphatic carbocycles. The molecule has 2 heterocycles. The molecule has 1 aromatic heterocycles. The van der Waals surface area contributed by atoms with Gasteiger partial charge < -0.3 is 15.0 Å². The number of aromatic nitrogens is 1. The topological polar surface area (TPSA) is 54.5 Å². The lowest BCUT2D eigenvalue weighted by molar-refractivity contribution is -0.116. The molecular formula is C20H19BrFN3O2S. The molecule has 1 fully saturated rings. The maximum atomic E-state index is 13.9. The smallest absolute Gasteiger partial charge is 0.224 e. The van der Waals surface area contributed by atoms with Crippen molar-refractivity contribution in [2.45, 2.75) is 12.8 Å². The van der Waals surface area contributed by atoms with Gasteiger partial charge in [0.25, 0.3) is 0 Å². The number of thiazole rings is 1. The van der Waals surface area contributed by atoms with Crippen molar-refractivity contribution in [3.8, 4) is 0 Å². The number of benzene rings is 2. The Bertz CT molecular complexity index is 1000. The number of aryl methyl sites for hydroxylation is 1. The van der Waals surface area contributed by atoms with Crippen LogP contribution in [-0.4, -0.2) is 37.2 Å². The molecular weight excluding hydrogens is 445 g/mol. The molecule has 4 rings (SSSR count). The van der Waals surface area contributed by atoms with Crippen molar-refractivity contribution in [2.75, 3.05) is 36.5 Å². The number of nitrogens with zero attached hydrogens (tertiary/aromatic N) is 2. The summed E-state index contributed by atoms with van der Waals surface area (Å²) in [5, 5.41) is 3.88. The normalized spacial score (nSPS) is 14.4. The minimum atomic E-state index is -0.302. The predicted octanol–water partition coefficient (Wildman–Crippen LogP) is 4.61. The van der Waals surface area contributed by atoms with Gasteiger partial charge in [0, 0.05) is 29.7 Å². The first-order valence-electron chi connectivity index (χ1n) is 9.05. The van der Waals surface area contributed by atoms with Gasteiger partial charge in [-0.25, -0.2) is 9.37 Å². The Labute approximate surface area is 174 Å². The van der Waals surface area contributed by atoms with Crippen molar-refractivity contribution in [1.29, 1.82) is 0 Å². The summed E-state index contributed by atoms with van der Waals surface area (Å²) in [7, 11) is 0. The number of halogens is 2. The molecule has 0 atom stereocenters. The first kappa shape index (κ1) is 19.3. The Morgan fingerprint density at radius 3 is 2.86 bits per heavy atom. The zero-order valence-corrected chi connectivity index (χ0v) is 17.5. The summed E-state index contributed by atoms with van der Waals surface area (Å²) in [5.41, 5.74) is 2.18. The van der Waals surface area contributed by atoms with Gasteiger partial charge in [-0.3, -0.25) is 4.79 Å². The van der Waals surface area contributed by atoms with E-state index in [2.05, 4.69) is 31.1 Å². The zero-order valence-electron chi connectivity index (χ0n) is 15.1. The van der Waals surface area contributed by atoms with Crippen molar-refractivity contribution in [2.24, 2.45) is 0 Å². The Morgan fingerprint density at radius 1 is 1.25 bits per heavy atom. The lowest BCUT2D eigenvalue weighted by atomic mass is 10.1. The molecule has 1 aliphatic heterocycles. The monoisotopic (exact) mass is 463 g/mol. The van der Waals surface area contributed by atoms with Gasteiger partial charge in [0.15, 0.2) is 5.13 Å². The fourth-order valence-corrected chi connectivity index (χ4v) is 4.47. The van der Waals surface area contributed by atoms with Crippen LogP contribution in [0.15, 0.2) is 40.9 Å². The summed E-state index contributed by atoms with van der Waals surface area (Å²) < 4.78 is 21.0. The van der Waals surface area contributed by atoms with Crippen molar-refractivity contribution in [3.05, 3.63) is 52.3 Å². The molecule has 0 unspecified atom stereocenters. The Morgan fingerprint density at radius 2 is 2.07 bits per heavy atom. The summed E-state index contributed by atoms with van der Waals surface area (Å²) in [4.78, 5) is 19.2. The molecule has 1 amide bonds. The highest BCUT2D eigenvalue weighted by Gasteiger charge is 2.16. The lowest BCUT2D eigenvalue weighted by Crippen LogP contribution is -2.36. The van der Waals surface area contributed by atoms with E-state index in [1.54, 1.807) is 23.5 Å². The number of carbonyl (C=O) groups excluding carboxylic acids is 1. The van der Waals surface area contributed by atoms with Crippen LogP contribution in [0.5, 0.6) is 0 Å². The molecule has 0 radical (unpaired) electrons. The summed E-state index contributed by atoms with van der Waals surface area (Å²) in [6, 6.07) is 10.6. The molecule has 1 N–H and O–H groups in total. The molecule has 3 aromatic rings. The minimum Gasteiger partial charge on any atom is -0.378 e. The van der Waals surface area contributed by atoms with Crippen LogP contribution >= 0.6 is 27.3 Å². The van der Waals surface area contributed by atoms with Gasteiger partial charge in [-0.05, 0) is 42.3 Å². The number of amides is 1. The molecule has 28 heavy (non-hydrogen) atoms. The summed E-state index contributed by atoms with van der Waals surface area (Å²) in [6.45, 7) is 3.12. The molecule has 146 valence electrons. The van der Waals surface area contributed by atoms with Crippen LogP contribution in [0.1, 0.15) is 12.0 Å². The van der Waals surface area contributed by atoms with E-state index in [-0.39, 0.29) is 18.1 Å². The van der Waals surface area contributed by atoms with Crippen LogP contribution in [0.4, 0.5) is 15.2 Å². The third-order valence-corrected chi connectivity index (χ3v) is 6.15. The Balaban J connectivity index is 1.40. The summed E-state index contributed by atoms with van der Waals surface area (Å²) in [5.74, 6) is -0.441. The highest BCUT2D eigenvalue weighted by Crippen LogP contribution is 2.31. The first-order chi connectivity index (χ1) is 13.6. The van der Waals surface area contributed by atoms with Gasteiger partial charge >= 0.3 is 0 Å².